The van der Waals surface area contributed by atoms with Crippen LogP contribution < -0.4 is 10.1 Å². The number of amides is 3. The lowest BCUT2D eigenvalue weighted by Crippen LogP contribution is -2.37. The zero-order valence-corrected chi connectivity index (χ0v) is 15.8. The van der Waals surface area contributed by atoms with E-state index in [1.54, 1.807) is 23.1 Å². The molecule has 27 heavy (non-hydrogen) atoms. The van der Waals surface area contributed by atoms with Crippen molar-refractivity contribution in [2.75, 3.05) is 38.1 Å². The van der Waals surface area contributed by atoms with Crippen molar-refractivity contribution in [3.63, 3.8) is 0 Å². The van der Waals surface area contributed by atoms with Gasteiger partial charge in [-0.25, -0.2) is 0 Å². The van der Waals surface area contributed by atoms with Crippen LogP contribution in [0.15, 0.2) is 18.2 Å². The molecule has 0 radical (unpaired) electrons. The summed E-state index contributed by atoms with van der Waals surface area (Å²) >= 11 is 0. The minimum Gasteiger partial charge on any atom is -0.491 e. The first-order valence-corrected chi connectivity index (χ1v) is 9.72. The number of fused-ring (bicyclic) bond motifs is 1. The Bertz CT molecular complexity index is 719. The molecule has 146 valence electrons. The van der Waals surface area contributed by atoms with Crippen LogP contribution in [-0.2, 0) is 9.59 Å². The molecule has 1 fully saturated rings. The van der Waals surface area contributed by atoms with Gasteiger partial charge in [-0.3, -0.25) is 14.4 Å². The van der Waals surface area contributed by atoms with Gasteiger partial charge in [-0.2, -0.15) is 0 Å². The van der Waals surface area contributed by atoms with E-state index in [4.69, 9.17) is 4.74 Å². The van der Waals surface area contributed by atoms with Gasteiger partial charge in [-0.15, -0.1) is 0 Å². The molecule has 1 aromatic carbocycles. The lowest BCUT2D eigenvalue weighted by atomic mass is 10.1. The number of ether oxygens (including phenoxy) is 1. The lowest BCUT2D eigenvalue weighted by Gasteiger charge is -2.22. The average molecular weight is 373 g/mol. The van der Waals surface area contributed by atoms with E-state index in [9.17, 15) is 14.4 Å². The third kappa shape index (κ3) is 4.78. The predicted molar refractivity (Wildman–Crippen MR) is 102 cm³/mol. The van der Waals surface area contributed by atoms with Crippen LogP contribution in [0, 0.1) is 0 Å². The Hall–Kier alpha value is -2.57. The van der Waals surface area contributed by atoms with E-state index in [0.717, 1.165) is 19.3 Å². The molecule has 2 heterocycles. The highest BCUT2D eigenvalue weighted by Gasteiger charge is 2.24. The Morgan fingerprint density at radius 1 is 1.15 bits per heavy atom. The van der Waals surface area contributed by atoms with Crippen LogP contribution in [0.25, 0.3) is 0 Å². The zero-order valence-electron chi connectivity index (χ0n) is 15.8. The second-order valence-electron chi connectivity index (χ2n) is 6.99. The summed E-state index contributed by atoms with van der Waals surface area (Å²) in [4.78, 5) is 40.6. The van der Waals surface area contributed by atoms with Gasteiger partial charge < -0.3 is 19.9 Å². The number of anilines is 1. The number of benzene rings is 1. The molecule has 7 nitrogen and oxygen atoms in total. The molecular weight excluding hydrogens is 346 g/mol. The molecule has 0 saturated carbocycles. The average Bonchev–Trinajstić information content (AvgIpc) is 3.02. The van der Waals surface area contributed by atoms with Gasteiger partial charge in [0.25, 0.3) is 5.91 Å². The van der Waals surface area contributed by atoms with Crippen LogP contribution >= 0.6 is 0 Å². The van der Waals surface area contributed by atoms with Crippen molar-refractivity contribution < 1.29 is 19.1 Å². The fourth-order valence-corrected chi connectivity index (χ4v) is 3.39. The molecule has 0 aliphatic carbocycles. The molecule has 0 unspecified atom stereocenters. The van der Waals surface area contributed by atoms with Crippen LogP contribution in [0.5, 0.6) is 5.75 Å². The van der Waals surface area contributed by atoms with Crippen molar-refractivity contribution in [3.8, 4) is 5.75 Å². The van der Waals surface area contributed by atoms with Crippen LogP contribution in [0.1, 0.15) is 49.4 Å². The topological polar surface area (TPSA) is 79.0 Å². The molecule has 1 aromatic rings. The van der Waals surface area contributed by atoms with E-state index in [-0.39, 0.29) is 17.7 Å². The molecule has 2 aliphatic heterocycles. The SMILES string of the molecule is CCCCC(=O)N1CCCN(C(=O)c2ccc3c(c2)NC(=O)CCO3)CC1. The highest BCUT2D eigenvalue weighted by Crippen LogP contribution is 2.28. The summed E-state index contributed by atoms with van der Waals surface area (Å²) in [5, 5.41) is 2.79. The Balaban J connectivity index is 1.66. The summed E-state index contributed by atoms with van der Waals surface area (Å²) in [5.74, 6) is 0.561. The number of carbonyl (C=O) groups is 3. The smallest absolute Gasteiger partial charge is 0.253 e. The number of rotatable bonds is 4. The van der Waals surface area contributed by atoms with Gasteiger partial charge in [-0.1, -0.05) is 13.3 Å². The van der Waals surface area contributed by atoms with Gasteiger partial charge in [-0.05, 0) is 31.0 Å². The maximum Gasteiger partial charge on any atom is 0.253 e. The first kappa shape index (κ1) is 19.2. The number of unbranched alkanes of at least 4 members (excludes halogenated alkanes) is 1. The fourth-order valence-electron chi connectivity index (χ4n) is 3.39. The minimum atomic E-state index is -0.116. The van der Waals surface area contributed by atoms with Gasteiger partial charge in [0.15, 0.2) is 0 Å². The molecule has 2 aliphatic rings. The van der Waals surface area contributed by atoms with Crippen LogP contribution in [0.2, 0.25) is 0 Å². The maximum absolute atomic E-state index is 12.9. The summed E-state index contributed by atoms with van der Waals surface area (Å²) < 4.78 is 5.54. The summed E-state index contributed by atoms with van der Waals surface area (Å²) in [7, 11) is 0. The first-order chi connectivity index (χ1) is 13.1. The highest BCUT2D eigenvalue weighted by atomic mass is 16.5. The standard InChI is InChI=1S/C20H27N3O4/c1-2-3-5-19(25)22-9-4-10-23(12-11-22)20(26)15-6-7-17-16(14-15)21-18(24)8-13-27-17/h6-7,14H,2-5,8-13H2,1H3,(H,21,24). The van der Waals surface area contributed by atoms with Crippen molar-refractivity contribution in [1.82, 2.24) is 9.80 Å². The number of carbonyl (C=O) groups excluding carboxylic acids is 3. The van der Waals surface area contributed by atoms with Crippen molar-refractivity contribution in [1.29, 1.82) is 0 Å². The van der Waals surface area contributed by atoms with Crippen LogP contribution in [-0.4, -0.2) is 60.3 Å². The molecule has 7 heteroatoms. The van der Waals surface area contributed by atoms with E-state index >= 15 is 0 Å². The summed E-state index contributed by atoms with van der Waals surface area (Å²) in [6.45, 7) is 4.82. The van der Waals surface area contributed by atoms with E-state index in [1.165, 1.54) is 0 Å². The highest BCUT2D eigenvalue weighted by molar-refractivity contribution is 5.98. The molecule has 3 rings (SSSR count). The Labute approximate surface area is 159 Å². The lowest BCUT2D eigenvalue weighted by molar-refractivity contribution is -0.131. The molecule has 3 amide bonds. The molecule has 1 saturated heterocycles. The molecule has 0 spiro atoms. The second-order valence-corrected chi connectivity index (χ2v) is 6.99. The van der Waals surface area contributed by atoms with Gasteiger partial charge in [0.1, 0.15) is 5.75 Å². The largest absolute Gasteiger partial charge is 0.491 e. The van der Waals surface area contributed by atoms with Gasteiger partial charge >= 0.3 is 0 Å². The quantitative estimate of drug-likeness (QED) is 0.878. The molecule has 1 N–H and O–H groups in total. The number of hydrogen-bond donors (Lipinski definition) is 1. The van der Waals surface area contributed by atoms with Gasteiger partial charge in [0.2, 0.25) is 11.8 Å². The van der Waals surface area contributed by atoms with E-state index in [1.807, 2.05) is 4.90 Å². The van der Waals surface area contributed by atoms with E-state index in [0.29, 0.717) is 62.6 Å². The normalized spacial score (nSPS) is 17.3. The number of nitrogens with zero attached hydrogens (tertiary/aromatic N) is 2. The second kappa shape index (κ2) is 8.88. The van der Waals surface area contributed by atoms with Crippen molar-refractivity contribution >= 4 is 23.4 Å². The molecule has 0 aromatic heterocycles. The van der Waals surface area contributed by atoms with Crippen molar-refractivity contribution in [2.45, 2.75) is 39.0 Å². The fraction of sp³-hybridized carbons (Fsp3) is 0.550. The van der Waals surface area contributed by atoms with E-state index < -0.39 is 0 Å². The first-order valence-electron chi connectivity index (χ1n) is 9.72. The molecule has 0 bridgehead atoms. The van der Waals surface area contributed by atoms with Gasteiger partial charge in [0.05, 0.1) is 18.7 Å². The molecule has 0 atom stereocenters. The number of hydrogen-bond acceptors (Lipinski definition) is 4. The Morgan fingerprint density at radius 2 is 1.93 bits per heavy atom. The van der Waals surface area contributed by atoms with Gasteiger partial charge in [0, 0.05) is 38.2 Å². The third-order valence-electron chi connectivity index (χ3n) is 4.97. The maximum atomic E-state index is 12.9. The van der Waals surface area contributed by atoms with Crippen LogP contribution in [0.4, 0.5) is 5.69 Å². The monoisotopic (exact) mass is 373 g/mol. The zero-order chi connectivity index (χ0) is 19.2. The van der Waals surface area contributed by atoms with E-state index in [2.05, 4.69) is 12.2 Å². The predicted octanol–water partition coefficient (Wildman–Crippen LogP) is 2.27. The summed E-state index contributed by atoms with van der Waals surface area (Å²) in [6.07, 6.45) is 3.55. The summed E-state index contributed by atoms with van der Waals surface area (Å²) in [6, 6.07) is 5.14. The van der Waals surface area contributed by atoms with Crippen molar-refractivity contribution in [2.24, 2.45) is 0 Å². The Morgan fingerprint density at radius 3 is 2.74 bits per heavy atom. The third-order valence-corrected chi connectivity index (χ3v) is 4.97. The number of nitrogens with one attached hydrogen (secondary N) is 1. The molecular formula is C20H27N3O4. The minimum absolute atomic E-state index is 0.0841. The summed E-state index contributed by atoms with van der Waals surface area (Å²) in [5.41, 5.74) is 1.06. The Kier molecular flexibility index (Phi) is 6.32. The van der Waals surface area contributed by atoms with Crippen molar-refractivity contribution in [3.05, 3.63) is 23.8 Å². The van der Waals surface area contributed by atoms with Crippen LogP contribution in [0.3, 0.4) is 0 Å².